The highest BCUT2D eigenvalue weighted by atomic mass is 15.3. The molecule has 0 aromatic carbocycles. The first-order chi connectivity index (χ1) is 9.84. The van der Waals surface area contributed by atoms with E-state index in [0.29, 0.717) is 6.04 Å². The number of nitrogens with one attached hydrogen (secondary N) is 2. The van der Waals surface area contributed by atoms with Crippen molar-refractivity contribution in [2.75, 3.05) is 13.1 Å². The molecule has 0 spiro atoms. The molecule has 1 aromatic heterocycles. The second kappa shape index (κ2) is 6.72. The highest BCUT2D eigenvalue weighted by Gasteiger charge is 2.32. The summed E-state index contributed by atoms with van der Waals surface area (Å²) in [6, 6.07) is 3.61. The molecule has 2 N–H and O–H groups in total. The van der Waals surface area contributed by atoms with Crippen LogP contribution in [0.25, 0.3) is 0 Å². The molecule has 1 aliphatic carbocycles. The maximum Gasteiger partial charge on any atom is 0.0492 e. The van der Waals surface area contributed by atoms with Crippen LogP contribution in [0, 0.1) is 5.92 Å². The van der Waals surface area contributed by atoms with Crippen molar-refractivity contribution in [3.05, 3.63) is 18.0 Å². The molecular weight excluding hydrogens is 248 g/mol. The van der Waals surface area contributed by atoms with Gasteiger partial charge in [0.25, 0.3) is 0 Å². The molecule has 0 bridgehead atoms. The van der Waals surface area contributed by atoms with Gasteiger partial charge in [0.05, 0.1) is 0 Å². The third-order valence-corrected chi connectivity index (χ3v) is 5.14. The predicted octanol–water partition coefficient (Wildman–Crippen LogP) is 1.86. The zero-order valence-electron chi connectivity index (χ0n) is 12.6. The van der Waals surface area contributed by atoms with Crippen LogP contribution in [-0.2, 0) is 13.5 Å². The average Bonchev–Trinajstić information content (AvgIpc) is 3.12. The third kappa shape index (κ3) is 3.23. The molecule has 0 radical (unpaired) electrons. The van der Waals surface area contributed by atoms with Crippen molar-refractivity contribution >= 4 is 0 Å². The van der Waals surface area contributed by atoms with Crippen LogP contribution in [0.15, 0.2) is 12.3 Å². The van der Waals surface area contributed by atoms with Crippen LogP contribution < -0.4 is 10.6 Å². The van der Waals surface area contributed by atoms with Crippen molar-refractivity contribution in [2.45, 2.75) is 57.0 Å². The topological polar surface area (TPSA) is 41.9 Å². The summed E-state index contributed by atoms with van der Waals surface area (Å²) in [7, 11) is 2.03. The first-order valence-electron chi connectivity index (χ1n) is 8.28. The predicted molar refractivity (Wildman–Crippen MR) is 81.7 cm³/mol. The van der Waals surface area contributed by atoms with Gasteiger partial charge in [-0.05, 0) is 44.2 Å². The highest BCUT2D eigenvalue weighted by molar-refractivity contribution is 5.00. The summed E-state index contributed by atoms with van der Waals surface area (Å²) < 4.78 is 1.98. The van der Waals surface area contributed by atoms with E-state index in [1.807, 2.05) is 17.9 Å². The lowest BCUT2D eigenvalue weighted by molar-refractivity contribution is 0.215. The molecule has 3 atom stereocenters. The Balaban J connectivity index is 1.50. The molecule has 112 valence electrons. The lowest BCUT2D eigenvalue weighted by Crippen LogP contribution is -2.47. The van der Waals surface area contributed by atoms with E-state index >= 15 is 0 Å². The van der Waals surface area contributed by atoms with Gasteiger partial charge in [-0.25, -0.2) is 0 Å². The van der Waals surface area contributed by atoms with Gasteiger partial charge in [0.2, 0.25) is 0 Å². The third-order valence-electron chi connectivity index (χ3n) is 5.14. The Bertz CT molecular complexity index is 408. The molecule has 20 heavy (non-hydrogen) atoms. The van der Waals surface area contributed by atoms with Gasteiger partial charge in [-0.2, -0.15) is 5.10 Å². The van der Waals surface area contributed by atoms with Crippen LogP contribution in [0.2, 0.25) is 0 Å². The summed E-state index contributed by atoms with van der Waals surface area (Å²) >= 11 is 0. The Morgan fingerprint density at radius 1 is 1.30 bits per heavy atom. The molecular formula is C16H28N4. The second-order valence-corrected chi connectivity index (χ2v) is 6.41. The normalized spacial score (nSPS) is 30.8. The minimum absolute atomic E-state index is 0.715. The molecule has 3 unspecified atom stereocenters. The first kappa shape index (κ1) is 14.1. The standard InChI is InChI=1S/C16H28N4/c1-20-13(9-12-19-20)8-11-18-15-6-3-2-5-14(15)16-7-4-10-17-16/h9,12,14-18H,2-8,10-11H2,1H3. The molecule has 0 amide bonds. The monoisotopic (exact) mass is 276 g/mol. The molecule has 2 fully saturated rings. The second-order valence-electron chi connectivity index (χ2n) is 6.41. The summed E-state index contributed by atoms with van der Waals surface area (Å²) in [5, 5.41) is 11.8. The van der Waals surface area contributed by atoms with E-state index in [0.717, 1.165) is 24.9 Å². The van der Waals surface area contributed by atoms with Gasteiger partial charge in [0, 0.05) is 44.0 Å². The Labute approximate surface area is 122 Å². The Kier molecular flexibility index (Phi) is 4.73. The van der Waals surface area contributed by atoms with Crippen molar-refractivity contribution in [2.24, 2.45) is 13.0 Å². The van der Waals surface area contributed by atoms with E-state index in [9.17, 15) is 0 Å². The van der Waals surface area contributed by atoms with E-state index < -0.39 is 0 Å². The fraction of sp³-hybridized carbons (Fsp3) is 0.812. The van der Waals surface area contributed by atoms with Crippen LogP contribution in [0.5, 0.6) is 0 Å². The van der Waals surface area contributed by atoms with Gasteiger partial charge in [-0.3, -0.25) is 4.68 Å². The largest absolute Gasteiger partial charge is 0.314 e. The molecule has 2 aliphatic rings. The fourth-order valence-electron chi connectivity index (χ4n) is 4.00. The molecule has 1 saturated carbocycles. The number of aromatic nitrogens is 2. The maximum atomic E-state index is 4.24. The number of hydrogen-bond donors (Lipinski definition) is 2. The molecule has 1 aromatic rings. The average molecular weight is 276 g/mol. The van der Waals surface area contributed by atoms with Gasteiger partial charge in [-0.15, -0.1) is 0 Å². The Morgan fingerprint density at radius 3 is 2.95 bits per heavy atom. The van der Waals surface area contributed by atoms with Gasteiger partial charge in [0.15, 0.2) is 0 Å². The quantitative estimate of drug-likeness (QED) is 0.862. The minimum atomic E-state index is 0.715. The van der Waals surface area contributed by atoms with E-state index in [1.165, 1.54) is 50.8 Å². The fourth-order valence-corrected chi connectivity index (χ4v) is 4.00. The number of hydrogen-bond acceptors (Lipinski definition) is 3. The number of aryl methyl sites for hydroxylation is 1. The lowest BCUT2D eigenvalue weighted by atomic mass is 9.79. The first-order valence-corrected chi connectivity index (χ1v) is 8.28. The van der Waals surface area contributed by atoms with E-state index in [-0.39, 0.29) is 0 Å². The lowest BCUT2D eigenvalue weighted by Gasteiger charge is -2.36. The zero-order chi connectivity index (χ0) is 13.8. The van der Waals surface area contributed by atoms with Crippen LogP contribution in [0.1, 0.15) is 44.2 Å². The highest BCUT2D eigenvalue weighted by Crippen LogP contribution is 2.30. The van der Waals surface area contributed by atoms with E-state index in [2.05, 4.69) is 21.8 Å². The summed E-state index contributed by atoms with van der Waals surface area (Å²) in [4.78, 5) is 0. The van der Waals surface area contributed by atoms with Gasteiger partial charge >= 0.3 is 0 Å². The molecule has 1 saturated heterocycles. The van der Waals surface area contributed by atoms with Crippen LogP contribution >= 0.6 is 0 Å². The summed E-state index contributed by atoms with van der Waals surface area (Å²) in [6.45, 7) is 2.30. The summed E-state index contributed by atoms with van der Waals surface area (Å²) in [6.07, 6.45) is 11.3. The zero-order valence-corrected chi connectivity index (χ0v) is 12.6. The summed E-state index contributed by atoms with van der Waals surface area (Å²) in [5.41, 5.74) is 1.32. The van der Waals surface area contributed by atoms with Gasteiger partial charge in [-0.1, -0.05) is 12.8 Å². The smallest absolute Gasteiger partial charge is 0.0492 e. The Hall–Kier alpha value is -0.870. The van der Waals surface area contributed by atoms with Crippen molar-refractivity contribution in [3.8, 4) is 0 Å². The maximum absolute atomic E-state index is 4.24. The molecule has 1 aliphatic heterocycles. The number of nitrogens with zero attached hydrogens (tertiary/aromatic N) is 2. The van der Waals surface area contributed by atoms with Crippen LogP contribution in [-0.4, -0.2) is 35.0 Å². The summed E-state index contributed by atoms with van der Waals surface area (Å²) in [5.74, 6) is 0.845. The molecule has 4 heteroatoms. The van der Waals surface area contributed by atoms with Crippen LogP contribution in [0.3, 0.4) is 0 Å². The van der Waals surface area contributed by atoms with Crippen molar-refractivity contribution in [3.63, 3.8) is 0 Å². The van der Waals surface area contributed by atoms with E-state index in [4.69, 9.17) is 0 Å². The Morgan fingerprint density at radius 2 is 2.20 bits per heavy atom. The van der Waals surface area contributed by atoms with Crippen molar-refractivity contribution in [1.82, 2.24) is 20.4 Å². The van der Waals surface area contributed by atoms with Crippen LogP contribution in [0.4, 0.5) is 0 Å². The van der Waals surface area contributed by atoms with Crippen molar-refractivity contribution in [1.29, 1.82) is 0 Å². The van der Waals surface area contributed by atoms with Gasteiger partial charge < -0.3 is 10.6 Å². The molecule has 3 rings (SSSR count). The molecule has 4 nitrogen and oxygen atoms in total. The van der Waals surface area contributed by atoms with Crippen molar-refractivity contribution < 1.29 is 0 Å². The molecule has 2 heterocycles. The van der Waals surface area contributed by atoms with E-state index in [1.54, 1.807) is 0 Å². The SMILES string of the molecule is Cn1nccc1CCNC1CCCCC1C1CCCN1. The van der Waals surface area contributed by atoms with Gasteiger partial charge in [0.1, 0.15) is 0 Å². The number of rotatable bonds is 5. The minimum Gasteiger partial charge on any atom is -0.314 e.